The topological polar surface area (TPSA) is 40.7 Å². The third-order valence-electron chi connectivity index (χ3n) is 2.87. The molecule has 0 fully saturated rings. The lowest BCUT2D eigenvalue weighted by Crippen LogP contribution is -2.14. The fraction of sp³-hybridized carbons (Fsp3) is 0.357. The highest BCUT2D eigenvalue weighted by Gasteiger charge is 2.33. The largest absolute Gasteiger partial charge is 0.417 e. The Morgan fingerprint density at radius 2 is 2.00 bits per heavy atom. The Kier molecular flexibility index (Phi) is 4.44. The molecule has 0 unspecified atom stereocenters. The zero-order valence-corrected chi connectivity index (χ0v) is 11.1. The van der Waals surface area contributed by atoms with Crippen LogP contribution in [0.2, 0.25) is 0 Å². The minimum atomic E-state index is -4.37. The van der Waals surface area contributed by atoms with Crippen molar-refractivity contribution in [2.75, 3.05) is 6.54 Å². The van der Waals surface area contributed by atoms with E-state index >= 15 is 0 Å². The van der Waals surface area contributed by atoms with Gasteiger partial charge in [-0.1, -0.05) is 25.1 Å². The van der Waals surface area contributed by atoms with Gasteiger partial charge in [-0.05, 0) is 19.0 Å². The summed E-state index contributed by atoms with van der Waals surface area (Å²) in [6.07, 6.45) is -1.94. The summed E-state index contributed by atoms with van der Waals surface area (Å²) in [6.45, 7) is 3.40. The first-order valence-corrected chi connectivity index (χ1v) is 6.43. The predicted octanol–water partition coefficient (Wildman–Crippen LogP) is 3.60. The maximum absolute atomic E-state index is 12.9. The molecule has 0 aliphatic rings. The van der Waals surface area contributed by atoms with E-state index in [1.807, 2.05) is 6.92 Å². The van der Waals surface area contributed by atoms with Crippen molar-refractivity contribution in [3.8, 4) is 11.3 Å². The maximum atomic E-state index is 12.9. The lowest BCUT2D eigenvalue weighted by atomic mass is 10.1. The minimum Gasteiger partial charge on any atom is -0.341 e. The molecule has 1 heterocycles. The van der Waals surface area contributed by atoms with Gasteiger partial charge in [0.05, 0.1) is 24.0 Å². The number of alkyl halides is 3. The quantitative estimate of drug-likeness (QED) is 0.823. The highest BCUT2D eigenvalue weighted by atomic mass is 19.4. The first kappa shape index (κ1) is 14.6. The molecule has 2 rings (SSSR count). The van der Waals surface area contributed by atoms with Gasteiger partial charge in [0.25, 0.3) is 0 Å². The van der Waals surface area contributed by atoms with E-state index in [4.69, 9.17) is 0 Å². The van der Waals surface area contributed by atoms with Crippen molar-refractivity contribution in [2.45, 2.75) is 26.1 Å². The van der Waals surface area contributed by atoms with Crippen molar-refractivity contribution < 1.29 is 13.2 Å². The number of benzene rings is 1. The molecule has 2 N–H and O–H groups in total. The third kappa shape index (κ3) is 3.39. The van der Waals surface area contributed by atoms with Crippen LogP contribution in [0.3, 0.4) is 0 Å². The second kappa shape index (κ2) is 6.09. The first-order chi connectivity index (χ1) is 9.52. The molecular formula is C14H16F3N3. The van der Waals surface area contributed by atoms with Crippen LogP contribution in [-0.2, 0) is 12.7 Å². The molecule has 0 aliphatic heterocycles. The number of nitrogens with one attached hydrogen (secondary N) is 2. The Morgan fingerprint density at radius 1 is 1.25 bits per heavy atom. The van der Waals surface area contributed by atoms with E-state index in [-0.39, 0.29) is 5.56 Å². The van der Waals surface area contributed by atoms with Crippen LogP contribution in [0.1, 0.15) is 24.7 Å². The van der Waals surface area contributed by atoms with Crippen molar-refractivity contribution in [3.05, 3.63) is 41.9 Å². The molecule has 20 heavy (non-hydrogen) atoms. The fourth-order valence-corrected chi connectivity index (χ4v) is 1.94. The maximum Gasteiger partial charge on any atom is 0.417 e. The van der Waals surface area contributed by atoms with Crippen molar-refractivity contribution in [2.24, 2.45) is 0 Å². The predicted molar refractivity (Wildman–Crippen MR) is 71.0 cm³/mol. The van der Waals surface area contributed by atoms with E-state index < -0.39 is 11.7 Å². The second-order valence-electron chi connectivity index (χ2n) is 4.46. The molecule has 0 saturated carbocycles. The third-order valence-corrected chi connectivity index (χ3v) is 2.87. The summed E-state index contributed by atoms with van der Waals surface area (Å²) < 4.78 is 38.8. The zero-order valence-electron chi connectivity index (χ0n) is 11.1. The highest BCUT2D eigenvalue weighted by molar-refractivity contribution is 5.64. The molecule has 0 bridgehead atoms. The van der Waals surface area contributed by atoms with E-state index in [2.05, 4.69) is 15.3 Å². The Morgan fingerprint density at radius 3 is 2.70 bits per heavy atom. The molecule has 0 aliphatic carbocycles. The number of imidazole rings is 1. The molecule has 0 amide bonds. The molecule has 2 aromatic rings. The lowest BCUT2D eigenvalue weighted by molar-refractivity contribution is -0.137. The summed E-state index contributed by atoms with van der Waals surface area (Å²) in [5, 5.41) is 3.15. The van der Waals surface area contributed by atoms with Gasteiger partial charge < -0.3 is 10.3 Å². The van der Waals surface area contributed by atoms with Gasteiger partial charge in [0.2, 0.25) is 0 Å². The lowest BCUT2D eigenvalue weighted by Gasteiger charge is -2.11. The van der Waals surface area contributed by atoms with Crippen molar-refractivity contribution in [3.63, 3.8) is 0 Å². The number of nitrogens with zero attached hydrogens (tertiary/aromatic N) is 1. The van der Waals surface area contributed by atoms with Crippen molar-refractivity contribution >= 4 is 0 Å². The second-order valence-corrected chi connectivity index (χ2v) is 4.46. The molecule has 108 valence electrons. The summed E-state index contributed by atoms with van der Waals surface area (Å²) in [4.78, 5) is 7.03. The molecule has 6 heteroatoms. The summed E-state index contributed by atoms with van der Waals surface area (Å²) in [6, 6.07) is 5.48. The molecule has 0 radical (unpaired) electrons. The number of hydrogen-bond donors (Lipinski definition) is 2. The van der Waals surface area contributed by atoms with Gasteiger partial charge in [-0.2, -0.15) is 13.2 Å². The molecular weight excluding hydrogens is 267 g/mol. The summed E-state index contributed by atoms with van der Waals surface area (Å²) >= 11 is 0. The van der Waals surface area contributed by atoms with Crippen LogP contribution in [0.4, 0.5) is 13.2 Å². The minimum absolute atomic E-state index is 0.120. The standard InChI is InChI=1S/C14H16F3N3/c1-2-7-18-9-13-19-8-12(20-13)10-5-3-4-6-11(10)14(15,16)17/h3-6,8,18H,2,7,9H2,1H3,(H,19,20). The highest BCUT2D eigenvalue weighted by Crippen LogP contribution is 2.36. The van der Waals surface area contributed by atoms with Gasteiger partial charge in [0, 0.05) is 5.56 Å². The average molecular weight is 283 g/mol. The Hall–Kier alpha value is -1.82. The van der Waals surface area contributed by atoms with Crippen LogP contribution in [0.25, 0.3) is 11.3 Å². The van der Waals surface area contributed by atoms with Gasteiger partial charge in [-0.15, -0.1) is 0 Å². The number of hydrogen-bond acceptors (Lipinski definition) is 2. The van der Waals surface area contributed by atoms with Gasteiger partial charge in [0.15, 0.2) is 0 Å². The molecule has 0 atom stereocenters. The number of halogens is 3. The first-order valence-electron chi connectivity index (χ1n) is 6.43. The Balaban J connectivity index is 2.24. The summed E-state index contributed by atoms with van der Waals surface area (Å²) in [7, 11) is 0. The number of aromatic nitrogens is 2. The monoisotopic (exact) mass is 283 g/mol. The van der Waals surface area contributed by atoms with Gasteiger partial charge >= 0.3 is 6.18 Å². The molecule has 1 aromatic carbocycles. The van der Waals surface area contributed by atoms with Gasteiger partial charge in [0.1, 0.15) is 5.82 Å². The smallest absolute Gasteiger partial charge is 0.341 e. The van der Waals surface area contributed by atoms with Crippen LogP contribution in [0.5, 0.6) is 0 Å². The van der Waals surface area contributed by atoms with Crippen LogP contribution in [0.15, 0.2) is 30.5 Å². The van der Waals surface area contributed by atoms with Crippen LogP contribution in [0, 0.1) is 0 Å². The Labute approximate surface area is 115 Å². The van der Waals surface area contributed by atoms with E-state index in [9.17, 15) is 13.2 Å². The Bertz CT molecular complexity index is 561. The number of rotatable bonds is 5. The molecule has 3 nitrogen and oxygen atoms in total. The normalized spacial score (nSPS) is 11.8. The van der Waals surface area contributed by atoms with Crippen molar-refractivity contribution in [1.82, 2.24) is 15.3 Å². The number of H-pyrrole nitrogens is 1. The van der Waals surface area contributed by atoms with Crippen LogP contribution in [-0.4, -0.2) is 16.5 Å². The summed E-state index contributed by atoms with van der Waals surface area (Å²) in [5.74, 6) is 0.630. The molecule has 1 aromatic heterocycles. The van der Waals surface area contributed by atoms with E-state index in [1.165, 1.54) is 18.3 Å². The summed E-state index contributed by atoms with van der Waals surface area (Å²) in [5.41, 5.74) is -0.155. The molecule has 0 spiro atoms. The number of aromatic amines is 1. The van der Waals surface area contributed by atoms with E-state index in [1.54, 1.807) is 6.07 Å². The SMILES string of the molecule is CCCNCc1ncc(-c2ccccc2C(F)(F)F)[nH]1. The fourth-order valence-electron chi connectivity index (χ4n) is 1.94. The van der Waals surface area contributed by atoms with Crippen LogP contribution < -0.4 is 5.32 Å². The van der Waals surface area contributed by atoms with Gasteiger partial charge in [-0.3, -0.25) is 0 Å². The van der Waals surface area contributed by atoms with Crippen molar-refractivity contribution in [1.29, 1.82) is 0 Å². The van der Waals surface area contributed by atoms with Crippen LogP contribution >= 0.6 is 0 Å². The van der Waals surface area contributed by atoms with Gasteiger partial charge in [-0.25, -0.2) is 4.98 Å². The zero-order chi connectivity index (χ0) is 14.6. The molecule has 0 saturated heterocycles. The van der Waals surface area contributed by atoms with E-state index in [0.29, 0.717) is 18.1 Å². The average Bonchev–Trinajstić information content (AvgIpc) is 2.87. The van der Waals surface area contributed by atoms with E-state index in [0.717, 1.165) is 19.0 Å².